The van der Waals surface area contributed by atoms with E-state index in [0.29, 0.717) is 36.2 Å². The van der Waals surface area contributed by atoms with Crippen LogP contribution in [-0.4, -0.2) is 48.1 Å². The van der Waals surface area contributed by atoms with E-state index in [1.807, 2.05) is 6.92 Å². The molecule has 34 heavy (non-hydrogen) atoms. The first-order valence-electron chi connectivity index (χ1n) is 13.2. The van der Waals surface area contributed by atoms with E-state index in [4.69, 9.17) is 19.9 Å². The zero-order chi connectivity index (χ0) is 24.1. The maximum Gasteiger partial charge on any atom is 0.334 e. The van der Waals surface area contributed by atoms with Crippen molar-refractivity contribution >= 4 is 11.9 Å². The first-order chi connectivity index (χ1) is 16.2. The van der Waals surface area contributed by atoms with Gasteiger partial charge in [0, 0.05) is 43.1 Å². The lowest BCUT2D eigenvalue weighted by atomic mass is 9.60. The van der Waals surface area contributed by atoms with Crippen molar-refractivity contribution in [2.45, 2.75) is 102 Å². The lowest BCUT2D eigenvalue weighted by Gasteiger charge is -2.53. The zero-order valence-electron chi connectivity index (χ0n) is 20.8. The van der Waals surface area contributed by atoms with Gasteiger partial charge in [-0.25, -0.2) is 4.79 Å². The Balaban J connectivity index is 1.48. The predicted octanol–water partition coefficient (Wildman–Crippen LogP) is 2.35. The molecule has 5 aliphatic rings. The fourth-order valence-electron chi connectivity index (χ4n) is 7.41. The van der Waals surface area contributed by atoms with Crippen LogP contribution in [0.5, 0.6) is 0 Å². The molecule has 1 saturated carbocycles. The summed E-state index contributed by atoms with van der Waals surface area (Å²) < 4.78 is 19.2. The van der Waals surface area contributed by atoms with E-state index < -0.39 is 11.2 Å². The van der Waals surface area contributed by atoms with Crippen LogP contribution in [0.3, 0.4) is 0 Å². The summed E-state index contributed by atoms with van der Waals surface area (Å²) in [6.07, 6.45) is 13.2. The van der Waals surface area contributed by atoms with E-state index in [0.717, 1.165) is 45.1 Å². The van der Waals surface area contributed by atoms with Crippen molar-refractivity contribution in [1.82, 2.24) is 0 Å². The summed E-state index contributed by atoms with van der Waals surface area (Å²) in [5.74, 6) is 1.02. The molecular weight excluding hydrogens is 432 g/mol. The molecule has 3 heterocycles. The summed E-state index contributed by atoms with van der Waals surface area (Å²) >= 11 is 0. The molecule has 188 valence electrons. The van der Waals surface area contributed by atoms with Gasteiger partial charge in [-0.05, 0) is 58.3 Å². The average Bonchev–Trinajstić information content (AvgIpc) is 3.19. The molecule has 9 atom stereocenters. The highest BCUT2D eigenvalue weighted by molar-refractivity contribution is 5.88. The van der Waals surface area contributed by atoms with Gasteiger partial charge in [-0.1, -0.05) is 18.2 Å². The molecule has 0 radical (unpaired) electrons. The average molecular weight is 474 g/mol. The van der Waals surface area contributed by atoms with Gasteiger partial charge in [0.25, 0.3) is 0 Å². The van der Waals surface area contributed by atoms with Crippen molar-refractivity contribution in [3.63, 3.8) is 0 Å². The number of ether oxygens (including phenoxy) is 3. The van der Waals surface area contributed by atoms with Crippen LogP contribution >= 0.6 is 0 Å². The van der Waals surface area contributed by atoms with E-state index in [-0.39, 0.29) is 36.2 Å². The highest BCUT2D eigenvalue weighted by Gasteiger charge is 2.66. The summed E-state index contributed by atoms with van der Waals surface area (Å²) in [6.45, 7) is 6.70. The second-order valence-corrected chi connectivity index (χ2v) is 11.5. The molecule has 3 aliphatic heterocycles. The van der Waals surface area contributed by atoms with Gasteiger partial charge in [0.2, 0.25) is 0 Å². The van der Waals surface area contributed by atoms with Gasteiger partial charge in [-0.3, -0.25) is 10.5 Å². The largest absolute Gasteiger partial charge is 0.462 e. The highest BCUT2D eigenvalue weighted by Crippen LogP contribution is 2.58. The Morgan fingerprint density at radius 3 is 2.76 bits per heavy atom. The van der Waals surface area contributed by atoms with Crippen LogP contribution in [0.2, 0.25) is 0 Å². The number of carbonyl (C=O) groups is 2. The van der Waals surface area contributed by atoms with Crippen LogP contribution in [0.15, 0.2) is 23.8 Å². The second kappa shape index (κ2) is 9.07. The van der Waals surface area contributed by atoms with Gasteiger partial charge in [0.15, 0.2) is 0 Å². The number of piperidine rings is 1. The number of esters is 2. The normalized spacial score (nSPS) is 46.5. The molecule has 3 saturated heterocycles. The Kier molecular flexibility index (Phi) is 6.40. The topological polar surface area (TPSA) is 104 Å². The molecule has 0 aromatic heterocycles. The minimum absolute atomic E-state index is 0.0248. The lowest BCUT2D eigenvalue weighted by molar-refractivity contribution is -0.704. The Labute approximate surface area is 202 Å². The minimum atomic E-state index is -0.757. The molecule has 7 nitrogen and oxygen atoms in total. The molecule has 5 rings (SSSR count). The first kappa shape index (κ1) is 24.0. The Morgan fingerprint density at radius 2 is 2.03 bits per heavy atom. The molecule has 0 aromatic carbocycles. The van der Waals surface area contributed by atoms with Crippen LogP contribution in [-0.2, 0) is 23.8 Å². The van der Waals surface area contributed by atoms with Crippen molar-refractivity contribution in [3.05, 3.63) is 23.8 Å². The third kappa shape index (κ3) is 4.03. The third-order valence-electron chi connectivity index (χ3n) is 9.53. The number of hydrogen-bond donors (Lipinski definition) is 2. The number of quaternary nitrogens is 1. The SMILES string of the molecule is CC=C(C)C(=O)O[C@]1(C)CC=C[C@@H](C2CCC(N)[NH2+]C2)[C@@]12CC1CC3CCC(=O)OC3CC1O2. The van der Waals surface area contributed by atoms with Crippen LogP contribution in [0, 0.1) is 23.7 Å². The predicted molar refractivity (Wildman–Crippen MR) is 126 cm³/mol. The standard InChI is InChI=1S/C27H40N2O5/c1-4-16(2)25(31)34-26(3)11-5-6-20(18-7-9-23(28)29-15-18)27(26)14-19-12-17-8-10-24(30)32-21(17)13-22(19)33-27/h4-6,17-23,29H,7-15,28H2,1-3H3/p+1/t17?,18?,19?,20-,21?,22?,23?,26+,27-/m0/s1. The van der Waals surface area contributed by atoms with Crippen LogP contribution in [0.25, 0.3) is 0 Å². The quantitative estimate of drug-likeness (QED) is 0.370. The van der Waals surface area contributed by atoms with Gasteiger partial charge in [-0.15, -0.1) is 0 Å². The molecule has 7 heteroatoms. The van der Waals surface area contributed by atoms with Crippen LogP contribution in [0.1, 0.15) is 72.1 Å². The van der Waals surface area contributed by atoms with Crippen LogP contribution < -0.4 is 11.1 Å². The number of hydrogen-bond acceptors (Lipinski definition) is 6. The number of nitrogens with two attached hydrogens (primary N) is 2. The van der Waals surface area contributed by atoms with E-state index in [2.05, 4.69) is 24.4 Å². The first-order valence-corrected chi connectivity index (χ1v) is 13.2. The highest BCUT2D eigenvalue weighted by atomic mass is 16.6. The van der Waals surface area contributed by atoms with Crippen LogP contribution in [0.4, 0.5) is 0 Å². The van der Waals surface area contributed by atoms with Crippen molar-refractivity contribution in [2.24, 2.45) is 29.4 Å². The molecular formula is C27H41N2O5+. The molecule has 4 fully saturated rings. The Bertz CT molecular complexity index is 878. The smallest absolute Gasteiger partial charge is 0.334 e. The maximum atomic E-state index is 13.0. The minimum Gasteiger partial charge on any atom is -0.462 e. The van der Waals surface area contributed by atoms with Crippen molar-refractivity contribution in [1.29, 1.82) is 0 Å². The summed E-state index contributed by atoms with van der Waals surface area (Å²) in [5, 5.41) is 2.24. The third-order valence-corrected chi connectivity index (χ3v) is 9.53. The van der Waals surface area contributed by atoms with E-state index in [9.17, 15) is 9.59 Å². The second-order valence-electron chi connectivity index (χ2n) is 11.5. The van der Waals surface area contributed by atoms with E-state index in [1.165, 1.54) is 0 Å². The molecule has 1 spiro atoms. The van der Waals surface area contributed by atoms with Gasteiger partial charge in [0.1, 0.15) is 23.5 Å². The van der Waals surface area contributed by atoms with Gasteiger partial charge in [-0.2, -0.15) is 0 Å². The van der Waals surface area contributed by atoms with Gasteiger partial charge < -0.3 is 19.5 Å². The monoisotopic (exact) mass is 473 g/mol. The van der Waals surface area contributed by atoms with Crippen molar-refractivity contribution in [3.8, 4) is 0 Å². The number of fused-ring (bicyclic) bond motifs is 2. The van der Waals surface area contributed by atoms with Gasteiger partial charge >= 0.3 is 11.9 Å². The maximum absolute atomic E-state index is 13.0. The summed E-state index contributed by atoms with van der Waals surface area (Å²) in [7, 11) is 0. The lowest BCUT2D eigenvalue weighted by Crippen LogP contribution is -2.95. The molecule has 6 unspecified atom stereocenters. The molecule has 4 N–H and O–H groups in total. The fraction of sp³-hybridized carbons (Fsp3) is 0.778. The number of rotatable bonds is 3. The number of allylic oxidation sites excluding steroid dienone is 1. The Hall–Kier alpha value is -1.70. The van der Waals surface area contributed by atoms with Gasteiger partial charge in [0.05, 0.1) is 12.6 Å². The van der Waals surface area contributed by atoms with Crippen molar-refractivity contribution in [2.75, 3.05) is 6.54 Å². The molecule has 0 aromatic rings. The zero-order valence-corrected chi connectivity index (χ0v) is 20.8. The van der Waals surface area contributed by atoms with E-state index in [1.54, 1.807) is 13.0 Å². The summed E-state index contributed by atoms with van der Waals surface area (Å²) in [5.41, 5.74) is 5.47. The summed E-state index contributed by atoms with van der Waals surface area (Å²) in [6, 6.07) is 0. The molecule has 0 bridgehead atoms. The summed E-state index contributed by atoms with van der Waals surface area (Å²) in [4.78, 5) is 25.0. The molecule has 0 amide bonds. The van der Waals surface area contributed by atoms with E-state index >= 15 is 0 Å². The Morgan fingerprint density at radius 1 is 1.21 bits per heavy atom. The molecule has 2 aliphatic carbocycles. The number of carbonyl (C=O) groups excluding carboxylic acids is 2. The van der Waals surface area contributed by atoms with Crippen molar-refractivity contribution < 1.29 is 29.1 Å². The fourth-order valence-corrected chi connectivity index (χ4v) is 7.41.